The molecule has 1 fully saturated rings. The van der Waals surface area contributed by atoms with E-state index in [1.165, 1.54) is 0 Å². The molecule has 0 aromatic heterocycles. The number of carboxylic acid groups (broad SMARTS) is 1. The van der Waals surface area contributed by atoms with Crippen molar-refractivity contribution in [2.45, 2.75) is 25.3 Å². The highest BCUT2D eigenvalue weighted by atomic mass is 16.5. The Morgan fingerprint density at radius 1 is 1.17 bits per heavy atom. The second kappa shape index (κ2) is 9.23. The van der Waals surface area contributed by atoms with Crippen LogP contribution < -0.4 is 15.0 Å². The van der Waals surface area contributed by atoms with E-state index < -0.39 is 17.9 Å². The number of methoxy groups -OCH3 is 1. The molecule has 0 radical (unpaired) electrons. The molecule has 2 amide bonds. The predicted molar refractivity (Wildman–Crippen MR) is 108 cm³/mol. The molecule has 2 N–H and O–H groups in total. The summed E-state index contributed by atoms with van der Waals surface area (Å²) in [6.45, 7) is 0.289. The van der Waals surface area contributed by atoms with Crippen molar-refractivity contribution in [3.8, 4) is 5.75 Å². The van der Waals surface area contributed by atoms with Gasteiger partial charge in [-0.25, -0.2) is 0 Å². The minimum absolute atomic E-state index is 0.0542. The molecule has 1 heterocycles. The molecular weight excluding hydrogens is 372 g/mol. The van der Waals surface area contributed by atoms with Crippen molar-refractivity contribution in [2.24, 2.45) is 5.92 Å². The van der Waals surface area contributed by atoms with Gasteiger partial charge in [0, 0.05) is 25.1 Å². The quantitative estimate of drug-likeness (QED) is 0.715. The average molecular weight is 396 g/mol. The SMILES string of the molecule is COc1ccc(N2CC(C(=O)NC(CCC(=O)O)c3ccccc3)CC2=O)cc1. The average Bonchev–Trinajstić information content (AvgIpc) is 3.13. The lowest BCUT2D eigenvalue weighted by molar-refractivity contribution is -0.137. The number of ether oxygens (including phenoxy) is 1. The second-order valence-corrected chi connectivity index (χ2v) is 7.01. The second-order valence-electron chi connectivity index (χ2n) is 7.01. The van der Waals surface area contributed by atoms with Crippen LogP contribution in [0.5, 0.6) is 5.75 Å². The van der Waals surface area contributed by atoms with Crippen molar-refractivity contribution < 1.29 is 24.2 Å². The van der Waals surface area contributed by atoms with Gasteiger partial charge < -0.3 is 20.1 Å². The van der Waals surface area contributed by atoms with Gasteiger partial charge in [0.15, 0.2) is 0 Å². The number of anilines is 1. The first-order valence-corrected chi connectivity index (χ1v) is 9.49. The molecule has 3 rings (SSSR count). The van der Waals surface area contributed by atoms with E-state index >= 15 is 0 Å². The third-order valence-corrected chi connectivity index (χ3v) is 5.05. The maximum Gasteiger partial charge on any atom is 0.303 e. The Labute approximate surface area is 169 Å². The van der Waals surface area contributed by atoms with Gasteiger partial charge in [0.05, 0.1) is 19.1 Å². The standard InChI is InChI=1S/C22H24N2O5/c1-29-18-9-7-17(8-10-18)24-14-16(13-20(24)25)22(28)23-19(11-12-21(26)27)15-5-3-2-4-6-15/h2-10,16,19H,11-14H2,1H3,(H,23,28)(H,26,27). The number of amides is 2. The lowest BCUT2D eigenvalue weighted by Gasteiger charge is -2.21. The summed E-state index contributed by atoms with van der Waals surface area (Å²) in [6.07, 6.45) is 0.355. The molecule has 1 saturated heterocycles. The highest BCUT2D eigenvalue weighted by Gasteiger charge is 2.36. The van der Waals surface area contributed by atoms with E-state index in [1.807, 2.05) is 30.3 Å². The summed E-state index contributed by atoms with van der Waals surface area (Å²) in [5.74, 6) is -1.06. The van der Waals surface area contributed by atoms with E-state index in [0.717, 1.165) is 11.3 Å². The molecule has 2 unspecified atom stereocenters. The first-order valence-electron chi connectivity index (χ1n) is 9.49. The molecule has 152 valence electrons. The zero-order valence-corrected chi connectivity index (χ0v) is 16.2. The van der Waals surface area contributed by atoms with Crippen LogP contribution in [-0.2, 0) is 14.4 Å². The Hall–Kier alpha value is -3.35. The Balaban J connectivity index is 1.68. The Morgan fingerprint density at radius 3 is 2.48 bits per heavy atom. The van der Waals surface area contributed by atoms with E-state index in [0.29, 0.717) is 5.75 Å². The van der Waals surface area contributed by atoms with E-state index in [9.17, 15) is 14.4 Å². The molecule has 1 aliphatic rings. The van der Waals surface area contributed by atoms with Gasteiger partial charge >= 0.3 is 5.97 Å². The summed E-state index contributed by atoms with van der Waals surface area (Å²) in [5, 5.41) is 12.0. The van der Waals surface area contributed by atoms with E-state index in [1.54, 1.807) is 36.3 Å². The molecule has 2 aromatic carbocycles. The number of carboxylic acids is 1. The van der Waals surface area contributed by atoms with Gasteiger partial charge in [-0.2, -0.15) is 0 Å². The van der Waals surface area contributed by atoms with Crippen LogP contribution in [0.2, 0.25) is 0 Å². The molecule has 29 heavy (non-hydrogen) atoms. The molecule has 0 bridgehead atoms. The maximum atomic E-state index is 12.8. The van der Waals surface area contributed by atoms with Crippen LogP contribution in [-0.4, -0.2) is 36.5 Å². The molecule has 1 aliphatic heterocycles. The smallest absolute Gasteiger partial charge is 0.303 e. The minimum Gasteiger partial charge on any atom is -0.497 e. The van der Waals surface area contributed by atoms with Gasteiger partial charge in [0.25, 0.3) is 0 Å². The van der Waals surface area contributed by atoms with Crippen LogP contribution in [0.1, 0.15) is 30.9 Å². The number of nitrogens with one attached hydrogen (secondary N) is 1. The summed E-state index contributed by atoms with van der Waals surface area (Å²) < 4.78 is 5.13. The van der Waals surface area contributed by atoms with Gasteiger partial charge in [0.1, 0.15) is 5.75 Å². The van der Waals surface area contributed by atoms with Crippen molar-refractivity contribution in [1.29, 1.82) is 0 Å². The fourth-order valence-electron chi connectivity index (χ4n) is 3.46. The summed E-state index contributed by atoms with van der Waals surface area (Å²) in [7, 11) is 1.57. The van der Waals surface area contributed by atoms with Crippen LogP contribution in [0, 0.1) is 5.92 Å². The molecule has 0 aliphatic carbocycles. The molecule has 0 saturated carbocycles. The number of carbonyl (C=O) groups is 3. The zero-order chi connectivity index (χ0) is 20.8. The summed E-state index contributed by atoms with van der Waals surface area (Å²) in [6, 6.07) is 16.0. The van der Waals surface area contributed by atoms with Crippen LogP contribution >= 0.6 is 0 Å². The van der Waals surface area contributed by atoms with Crippen LogP contribution in [0.25, 0.3) is 0 Å². The van der Waals surface area contributed by atoms with Crippen molar-refractivity contribution in [3.05, 3.63) is 60.2 Å². The monoisotopic (exact) mass is 396 g/mol. The van der Waals surface area contributed by atoms with E-state index in [2.05, 4.69) is 5.32 Å². The predicted octanol–water partition coefficient (Wildman–Crippen LogP) is 2.77. The van der Waals surface area contributed by atoms with Crippen LogP contribution in [0.4, 0.5) is 5.69 Å². The molecule has 7 nitrogen and oxygen atoms in total. The first kappa shape index (κ1) is 20.4. The van der Waals surface area contributed by atoms with Gasteiger partial charge in [-0.05, 0) is 36.2 Å². The molecule has 2 aromatic rings. The Morgan fingerprint density at radius 2 is 1.86 bits per heavy atom. The van der Waals surface area contributed by atoms with E-state index in [4.69, 9.17) is 9.84 Å². The number of rotatable bonds is 8. The topological polar surface area (TPSA) is 95.9 Å². The fourth-order valence-corrected chi connectivity index (χ4v) is 3.46. The van der Waals surface area contributed by atoms with Gasteiger partial charge in [-0.1, -0.05) is 30.3 Å². The number of aliphatic carboxylic acids is 1. The Bertz CT molecular complexity index is 867. The van der Waals surface area contributed by atoms with Crippen molar-refractivity contribution in [1.82, 2.24) is 5.32 Å². The molecule has 0 spiro atoms. The number of hydrogen-bond acceptors (Lipinski definition) is 4. The largest absolute Gasteiger partial charge is 0.497 e. The Kier molecular flexibility index (Phi) is 6.49. The molecular formula is C22H24N2O5. The maximum absolute atomic E-state index is 12.8. The lowest BCUT2D eigenvalue weighted by Crippen LogP contribution is -2.35. The third-order valence-electron chi connectivity index (χ3n) is 5.05. The van der Waals surface area contributed by atoms with Gasteiger partial charge in [-0.3, -0.25) is 14.4 Å². The molecule has 2 atom stereocenters. The highest BCUT2D eigenvalue weighted by molar-refractivity contribution is 6.00. The van der Waals surface area contributed by atoms with E-state index in [-0.39, 0.29) is 37.6 Å². The third kappa shape index (κ3) is 5.13. The normalized spacial score (nSPS) is 17.1. The summed E-state index contributed by atoms with van der Waals surface area (Å²) in [5.41, 5.74) is 1.56. The number of carbonyl (C=O) groups excluding carboxylic acids is 2. The number of hydrogen-bond donors (Lipinski definition) is 2. The van der Waals surface area contributed by atoms with Crippen LogP contribution in [0.15, 0.2) is 54.6 Å². The lowest BCUT2D eigenvalue weighted by atomic mass is 10.00. The zero-order valence-electron chi connectivity index (χ0n) is 16.2. The first-order chi connectivity index (χ1) is 14.0. The summed E-state index contributed by atoms with van der Waals surface area (Å²) in [4.78, 5) is 37.9. The van der Waals surface area contributed by atoms with Gasteiger partial charge in [-0.15, -0.1) is 0 Å². The minimum atomic E-state index is -0.915. The highest BCUT2D eigenvalue weighted by Crippen LogP contribution is 2.28. The van der Waals surface area contributed by atoms with Crippen molar-refractivity contribution >= 4 is 23.5 Å². The number of nitrogens with zero attached hydrogens (tertiary/aromatic N) is 1. The van der Waals surface area contributed by atoms with Crippen molar-refractivity contribution in [2.75, 3.05) is 18.6 Å². The number of benzene rings is 2. The van der Waals surface area contributed by atoms with Crippen molar-refractivity contribution in [3.63, 3.8) is 0 Å². The summed E-state index contributed by atoms with van der Waals surface area (Å²) >= 11 is 0. The molecule has 7 heteroatoms. The van der Waals surface area contributed by atoms with Gasteiger partial charge in [0.2, 0.25) is 11.8 Å². The fraction of sp³-hybridized carbons (Fsp3) is 0.318. The van der Waals surface area contributed by atoms with Crippen LogP contribution in [0.3, 0.4) is 0 Å².